The molecule has 5 unspecified atom stereocenters. The highest BCUT2D eigenvalue weighted by Gasteiger charge is 2.52. The Morgan fingerprint density at radius 3 is 2.27 bits per heavy atom. The molecular formula is C28H42O9. The molecule has 0 spiro atoms. The van der Waals surface area contributed by atoms with E-state index < -0.39 is 55.2 Å². The fraction of sp³-hybridized carbons (Fsp3) is 0.714. The lowest BCUT2D eigenvalue weighted by atomic mass is 9.87. The van der Waals surface area contributed by atoms with Crippen LogP contribution in [0.3, 0.4) is 0 Å². The maximum atomic E-state index is 13.0. The largest absolute Gasteiger partial charge is 0.451 e. The zero-order chi connectivity index (χ0) is 27.1. The summed E-state index contributed by atoms with van der Waals surface area (Å²) in [6.07, 6.45) is -3.82. The van der Waals surface area contributed by atoms with Gasteiger partial charge in [0.15, 0.2) is 24.5 Å². The van der Waals surface area contributed by atoms with E-state index in [-0.39, 0.29) is 17.6 Å². The molecule has 3 rings (SSSR count). The summed E-state index contributed by atoms with van der Waals surface area (Å²) >= 11 is 0. The molecule has 0 saturated carbocycles. The van der Waals surface area contributed by atoms with Crippen molar-refractivity contribution in [2.75, 3.05) is 13.7 Å². The van der Waals surface area contributed by atoms with Gasteiger partial charge >= 0.3 is 5.97 Å². The molecular weight excluding hydrogens is 480 g/mol. The van der Waals surface area contributed by atoms with Crippen molar-refractivity contribution >= 4 is 11.8 Å². The first-order chi connectivity index (χ1) is 17.7. The average molecular weight is 523 g/mol. The van der Waals surface area contributed by atoms with Crippen LogP contribution in [0.4, 0.5) is 0 Å². The minimum absolute atomic E-state index is 0.174. The zero-order valence-corrected chi connectivity index (χ0v) is 22.7. The van der Waals surface area contributed by atoms with Gasteiger partial charge in [-0.1, -0.05) is 52.3 Å². The van der Waals surface area contributed by atoms with Gasteiger partial charge in [-0.3, -0.25) is 4.79 Å². The van der Waals surface area contributed by atoms with Crippen LogP contribution in [-0.4, -0.2) is 79.8 Å². The maximum Gasteiger partial charge on any atom is 0.338 e. The molecule has 9 heteroatoms. The van der Waals surface area contributed by atoms with Crippen molar-refractivity contribution in [1.29, 1.82) is 0 Å². The highest BCUT2D eigenvalue weighted by Crippen LogP contribution is 2.37. The van der Waals surface area contributed by atoms with E-state index in [1.54, 1.807) is 24.3 Å². The van der Waals surface area contributed by atoms with Gasteiger partial charge in [0.2, 0.25) is 0 Å². The third kappa shape index (κ3) is 6.96. The monoisotopic (exact) mass is 522 g/mol. The second-order valence-corrected chi connectivity index (χ2v) is 9.95. The van der Waals surface area contributed by atoms with Crippen molar-refractivity contribution in [3.8, 4) is 0 Å². The van der Waals surface area contributed by atoms with E-state index in [9.17, 15) is 14.7 Å². The van der Waals surface area contributed by atoms with Crippen LogP contribution in [0.5, 0.6) is 0 Å². The summed E-state index contributed by atoms with van der Waals surface area (Å²) in [6, 6.07) is 8.64. The van der Waals surface area contributed by atoms with Crippen LogP contribution in [0, 0.1) is 11.8 Å². The van der Waals surface area contributed by atoms with Gasteiger partial charge in [0.05, 0.1) is 17.8 Å². The van der Waals surface area contributed by atoms with Crippen LogP contribution >= 0.6 is 0 Å². The van der Waals surface area contributed by atoms with Crippen molar-refractivity contribution in [3.63, 3.8) is 0 Å². The van der Waals surface area contributed by atoms with Crippen LogP contribution in [0.25, 0.3) is 0 Å². The zero-order valence-electron chi connectivity index (χ0n) is 22.7. The first-order valence-electron chi connectivity index (χ1n) is 13.3. The number of carbonyl (C=O) groups excluding carboxylic acids is 2. The molecule has 0 aromatic heterocycles. The summed E-state index contributed by atoms with van der Waals surface area (Å²) in [6.45, 7) is 9.71. The van der Waals surface area contributed by atoms with Gasteiger partial charge in [-0.05, 0) is 31.9 Å². The van der Waals surface area contributed by atoms with E-state index in [1.807, 2.05) is 26.8 Å². The second kappa shape index (κ2) is 13.8. The lowest BCUT2D eigenvalue weighted by Gasteiger charge is -2.48. The predicted octanol–water partition coefficient (Wildman–Crippen LogP) is 3.51. The van der Waals surface area contributed by atoms with E-state index in [0.29, 0.717) is 18.6 Å². The number of benzene rings is 1. The molecule has 1 aromatic rings. The third-order valence-corrected chi connectivity index (χ3v) is 7.29. The predicted molar refractivity (Wildman–Crippen MR) is 135 cm³/mol. The Hall–Kier alpha value is -1.88. The summed E-state index contributed by atoms with van der Waals surface area (Å²) in [4.78, 5) is 25.5. The van der Waals surface area contributed by atoms with E-state index in [1.165, 1.54) is 14.0 Å². The molecule has 1 aromatic carbocycles. The quantitative estimate of drug-likeness (QED) is 0.345. The van der Waals surface area contributed by atoms with Gasteiger partial charge in [-0.15, -0.1) is 0 Å². The third-order valence-electron chi connectivity index (χ3n) is 7.29. The van der Waals surface area contributed by atoms with Crippen molar-refractivity contribution in [3.05, 3.63) is 35.9 Å². The first kappa shape index (κ1) is 29.7. The van der Waals surface area contributed by atoms with Crippen molar-refractivity contribution in [2.45, 2.75) is 103 Å². The molecule has 2 fully saturated rings. The number of carbonyl (C=O) groups is 2. The number of aliphatic hydroxyl groups excluding tert-OH is 1. The molecule has 0 radical (unpaired) electrons. The minimum atomic E-state index is -1.10. The molecule has 10 atom stereocenters. The molecule has 0 bridgehead atoms. The summed E-state index contributed by atoms with van der Waals surface area (Å²) in [7, 11) is 1.51. The van der Waals surface area contributed by atoms with Crippen LogP contribution in [0.15, 0.2) is 30.3 Å². The molecule has 37 heavy (non-hydrogen) atoms. The topological polar surface area (TPSA) is 110 Å². The lowest BCUT2D eigenvalue weighted by Crippen LogP contribution is -2.62. The van der Waals surface area contributed by atoms with Gasteiger partial charge in [0.1, 0.15) is 18.3 Å². The number of ether oxygens (including phenoxy) is 6. The summed E-state index contributed by atoms with van der Waals surface area (Å²) < 4.78 is 36.2. The maximum absolute atomic E-state index is 13.0. The number of ketones is 1. The Kier molecular flexibility index (Phi) is 11.0. The van der Waals surface area contributed by atoms with Gasteiger partial charge in [0.25, 0.3) is 0 Å². The number of unbranched alkanes of at least 4 members (excludes halogenated alkanes) is 1. The minimum Gasteiger partial charge on any atom is -0.451 e. The Morgan fingerprint density at radius 2 is 1.68 bits per heavy atom. The van der Waals surface area contributed by atoms with Crippen molar-refractivity contribution in [2.24, 2.45) is 11.8 Å². The van der Waals surface area contributed by atoms with Gasteiger partial charge in [-0.25, -0.2) is 4.79 Å². The Balaban J connectivity index is 1.89. The van der Waals surface area contributed by atoms with Gasteiger partial charge in [0, 0.05) is 25.6 Å². The molecule has 2 aliphatic heterocycles. The molecule has 0 amide bonds. The number of rotatable bonds is 11. The highest BCUT2D eigenvalue weighted by molar-refractivity contribution is 5.89. The second-order valence-electron chi connectivity index (χ2n) is 9.95. The van der Waals surface area contributed by atoms with E-state index in [0.717, 1.165) is 12.8 Å². The molecule has 208 valence electrons. The first-order valence-corrected chi connectivity index (χ1v) is 13.3. The van der Waals surface area contributed by atoms with Crippen LogP contribution in [-0.2, 0) is 33.2 Å². The van der Waals surface area contributed by atoms with Gasteiger partial charge in [-0.2, -0.15) is 0 Å². The number of hydrogen-bond acceptors (Lipinski definition) is 9. The molecule has 2 saturated heterocycles. The molecule has 2 heterocycles. The van der Waals surface area contributed by atoms with Gasteiger partial charge < -0.3 is 33.5 Å². The van der Waals surface area contributed by atoms with E-state index in [4.69, 9.17) is 28.4 Å². The lowest BCUT2D eigenvalue weighted by molar-refractivity contribution is -0.339. The van der Waals surface area contributed by atoms with Crippen LogP contribution in [0.2, 0.25) is 0 Å². The van der Waals surface area contributed by atoms with Crippen molar-refractivity contribution in [1.82, 2.24) is 0 Å². The summed E-state index contributed by atoms with van der Waals surface area (Å²) in [5, 5.41) is 10.6. The number of Topliss-reactive ketones (excluding diaryl/α,β-unsaturated/α-hetero) is 1. The SMILES string of the molecule is CCCCOC1C(O)OC(CC)[C@@H](O[C@@H]2OC(C(C)=O)[C@H](C)[C@@H](OC)C2OC(=O)c2ccccc2)[C@@H]1C. The highest BCUT2D eigenvalue weighted by atomic mass is 16.7. The Morgan fingerprint density at radius 1 is 0.973 bits per heavy atom. The number of aliphatic hydroxyl groups is 1. The Bertz CT molecular complexity index is 862. The van der Waals surface area contributed by atoms with Crippen molar-refractivity contribution < 1.29 is 43.1 Å². The standard InChI is InChI=1S/C28H42O9/c1-7-9-15-33-24-17(4)22(20(8-2)34-27(24)31)37-28-25(35-26(30)19-13-11-10-12-14-19)23(32-6)16(3)21(36-28)18(5)29/h10-14,16-17,20-25,27-28,31H,7-9,15H2,1-6H3/t16-,17-,20?,21?,22-,23+,24?,25?,27?,28-/m0/s1. The Labute approximate surface area is 219 Å². The summed E-state index contributed by atoms with van der Waals surface area (Å²) in [5.74, 6) is -1.37. The number of hydrogen-bond donors (Lipinski definition) is 1. The molecule has 9 nitrogen and oxygen atoms in total. The van der Waals surface area contributed by atoms with E-state index in [2.05, 4.69) is 6.92 Å². The molecule has 0 aliphatic carbocycles. The average Bonchev–Trinajstić information content (AvgIpc) is 2.89. The fourth-order valence-electron chi connectivity index (χ4n) is 5.20. The smallest absolute Gasteiger partial charge is 0.338 e. The fourth-order valence-corrected chi connectivity index (χ4v) is 5.20. The summed E-state index contributed by atoms with van der Waals surface area (Å²) in [5.41, 5.74) is 0.380. The molecule has 1 N–H and O–H groups in total. The van der Waals surface area contributed by atoms with Crippen LogP contribution < -0.4 is 0 Å². The molecule has 2 aliphatic rings. The number of methoxy groups -OCH3 is 1. The normalized spacial score (nSPS) is 36.2. The number of esters is 1. The van der Waals surface area contributed by atoms with Crippen LogP contribution in [0.1, 0.15) is 64.2 Å². The van der Waals surface area contributed by atoms with E-state index >= 15 is 0 Å².